The summed E-state index contributed by atoms with van der Waals surface area (Å²) < 4.78 is 23.1. The zero-order chi connectivity index (χ0) is 18.6. The maximum atomic E-state index is 12.4. The molecular formula is C20H30N2O3S. The second kappa shape index (κ2) is 8.09. The smallest absolute Gasteiger partial charge is 0.223 e. The van der Waals surface area contributed by atoms with Crippen molar-refractivity contribution in [1.82, 2.24) is 9.80 Å². The standard InChI is InChI=1S/C20H30N2O3S/c1-26(24,25)17-16-22-19(23)8-11-20(22)10-5-13-21(15-12-20)14-9-18-6-3-2-4-7-18/h2-4,6-7H,5,8-17H2,1H3. The van der Waals surface area contributed by atoms with Crippen molar-refractivity contribution in [2.45, 2.75) is 44.1 Å². The van der Waals surface area contributed by atoms with E-state index in [1.54, 1.807) is 0 Å². The largest absolute Gasteiger partial charge is 0.336 e. The predicted octanol–water partition coefficient (Wildman–Crippen LogP) is 2.12. The molecule has 0 radical (unpaired) electrons. The molecule has 2 aliphatic heterocycles. The van der Waals surface area contributed by atoms with Gasteiger partial charge in [0.05, 0.1) is 5.75 Å². The molecule has 0 aliphatic carbocycles. The van der Waals surface area contributed by atoms with Gasteiger partial charge in [-0.05, 0) is 44.2 Å². The van der Waals surface area contributed by atoms with Crippen LogP contribution in [-0.4, -0.2) is 67.9 Å². The van der Waals surface area contributed by atoms with E-state index in [2.05, 4.69) is 29.2 Å². The zero-order valence-corrected chi connectivity index (χ0v) is 16.5. The van der Waals surface area contributed by atoms with E-state index in [4.69, 9.17) is 0 Å². The third-order valence-electron chi connectivity index (χ3n) is 5.93. The van der Waals surface area contributed by atoms with E-state index in [-0.39, 0.29) is 17.2 Å². The number of likely N-dealkylation sites (tertiary alicyclic amines) is 2. The van der Waals surface area contributed by atoms with Crippen molar-refractivity contribution in [3.8, 4) is 0 Å². The number of rotatable bonds is 6. The third-order valence-corrected chi connectivity index (χ3v) is 6.86. The molecule has 1 atom stereocenters. The highest BCUT2D eigenvalue weighted by atomic mass is 32.2. The first-order chi connectivity index (χ1) is 12.4. The number of hydrogen-bond donors (Lipinski definition) is 0. The minimum Gasteiger partial charge on any atom is -0.336 e. The summed E-state index contributed by atoms with van der Waals surface area (Å²) in [5.41, 5.74) is 1.24. The number of nitrogens with zero attached hydrogens (tertiary/aromatic N) is 2. The molecule has 26 heavy (non-hydrogen) atoms. The average Bonchev–Trinajstić information content (AvgIpc) is 2.77. The Balaban J connectivity index is 1.59. The lowest BCUT2D eigenvalue weighted by Crippen LogP contribution is -2.48. The van der Waals surface area contributed by atoms with Gasteiger partial charge in [-0.25, -0.2) is 8.42 Å². The van der Waals surface area contributed by atoms with Crippen LogP contribution in [0, 0.1) is 0 Å². The van der Waals surface area contributed by atoms with Crippen molar-refractivity contribution in [2.75, 3.05) is 38.2 Å². The van der Waals surface area contributed by atoms with Crippen LogP contribution in [0.3, 0.4) is 0 Å². The van der Waals surface area contributed by atoms with Crippen molar-refractivity contribution in [3.05, 3.63) is 35.9 Å². The van der Waals surface area contributed by atoms with Crippen LogP contribution in [0.4, 0.5) is 0 Å². The molecule has 2 fully saturated rings. The molecule has 0 saturated carbocycles. The van der Waals surface area contributed by atoms with Crippen molar-refractivity contribution < 1.29 is 13.2 Å². The van der Waals surface area contributed by atoms with Crippen LogP contribution in [0.1, 0.15) is 37.7 Å². The number of sulfone groups is 1. The number of carbonyl (C=O) groups is 1. The SMILES string of the molecule is CS(=O)(=O)CCN1C(=O)CCC12CCCN(CCc1ccccc1)CC2. The van der Waals surface area contributed by atoms with Crippen molar-refractivity contribution in [2.24, 2.45) is 0 Å². The van der Waals surface area contributed by atoms with Crippen LogP contribution < -0.4 is 0 Å². The average molecular weight is 379 g/mol. The van der Waals surface area contributed by atoms with Gasteiger partial charge in [-0.3, -0.25) is 4.79 Å². The van der Waals surface area contributed by atoms with E-state index in [1.807, 2.05) is 11.0 Å². The summed E-state index contributed by atoms with van der Waals surface area (Å²) in [5, 5.41) is 0. The normalized spacial score (nSPS) is 25.0. The van der Waals surface area contributed by atoms with Gasteiger partial charge in [0, 0.05) is 37.8 Å². The topological polar surface area (TPSA) is 57.7 Å². The lowest BCUT2D eigenvalue weighted by atomic mass is 9.88. The van der Waals surface area contributed by atoms with Gasteiger partial charge in [0.15, 0.2) is 0 Å². The summed E-state index contributed by atoms with van der Waals surface area (Å²) in [5.74, 6) is 0.199. The molecule has 2 heterocycles. The first-order valence-corrected chi connectivity index (χ1v) is 11.7. The molecule has 1 amide bonds. The highest BCUT2D eigenvalue weighted by Crippen LogP contribution is 2.39. The molecule has 1 spiro atoms. The van der Waals surface area contributed by atoms with Gasteiger partial charge in [0.25, 0.3) is 0 Å². The first kappa shape index (κ1) is 19.4. The minimum atomic E-state index is -3.05. The second-order valence-corrected chi connectivity index (χ2v) is 10.1. The summed E-state index contributed by atoms with van der Waals surface area (Å²) in [7, 11) is -3.05. The summed E-state index contributed by atoms with van der Waals surface area (Å²) >= 11 is 0. The molecule has 144 valence electrons. The Morgan fingerprint density at radius 3 is 2.54 bits per heavy atom. The maximum absolute atomic E-state index is 12.4. The van der Waals surface area contributed by atoms with E-state index in [0.717, 1.165) is 51.7 Å². The molecule has 2 aliphatic rings. The van der Waals surface area contributed by atoms with Crippen molar-refractivity contribution >= 4 is 15.7 Å². The minimum absolute atomic E-state index is 0.0677. The monoisotopic (exact) mass is 378 g/mol. The van der Waals surface area contributed by atoms with Crippen LogP contribution in [0.2, 0.25) is 0 Å². The summed E-state index contributed by atoms with van der Waals surface area (Å²) in [4.78, 5) is 16.8. The molecule has 5 nitrogen and oxygen atoms in total. The first-order valence-electron chi connectivity index (χ1n) is 9.62. The number of carbonyl (C=O) groups excluding carboxylic acids is 1. The molecular weight excluding hydrogens is 348 g/mol. The molecule has 1 aromatic rings. The highest BCUT2D eigenvalue weighted by molar-refractivity contribution is 7.90. The molecule has 6 heteroatoms. The quantitative estimate of drug-likeness (QED) is 0.761. The lowest BCUT2D eigenvalue weighted by Gasteiger charge is -2.38. The molecule has 3 rings (SSSR count). The summed E-state index contributed by atoms with van der Waals surface area (Å²) in [6, 6.07) is 10.5. The Hall–Kier alpha value is -1.40. The Kier molecular flexibility index (Phi) is 6.03. The fourth-order valence-electron chi connectivity index (χ4n) is 4.40. The molecule has 2 saturated heterocycles. The number of benzene rings is 1. The van der Waals surface area contributed by atoms with E-state index < -0.39 is 9.84 Å². The number of amides is 1. The van der Waals surface area contributed by atoms with Crippen LogP contribution >= 0.6 is 0 Å². The van der Waals surface area contributed by atoms with Gasteiger partial charge in [-0.15, -0.1) is 0 Å². The fourth-order valence-corrected chi connectivity index (χ4v) is 4.92. The van der Waals surface area contributed by atoms with Crippen LogP contribution in [0.5, 0.6) is 0 Å². The molecule has 1 unspecified atom stereocenters. The molecule has 0 bridgehead atoms. The Bertz CT molecular complexity index is 720. The van der Waals surface area contributed by atoms with E-state index >= 15 is 0 Å². The van der Waals surface area contributed by atoms with Crippen LogP contribution in [0.25, 0.3) is 0 Å². The Labute approximate surface area is 157 Å². The molecule has 0 N–H and O–H groups in total. The van der Waals surface area contributed by atoms with Gasteiger partial charge in [0.2, 0.25) is 5.91 Å². The molecule has 0 aromatic heterocycles. The summed E-state index contributed by atoms with van der Waals surface area (Å²) in [6.45, 7) is 3.43. The Morgan fingerprint density at radius 1 is 1.04 bits per heavy atom. The van der Waals surface area contributed by atoms with Crippen LogP contribution in [0.15, 0.2) is 30.3 Å². The number of hydrogen-bond acceptors (Lipinski definition) is 4. The summed E-state index contributed by atoms with van der Waals surface area (Å²) in [6.07, 6.45) is 6.75. The highest BCUT2D eigenvalue weighted by Gasteiger charge is 2.45. The van der Waals surface area contributed by atoms with Crippen molar-refractivity contribution in [3.63, 3.8) is 0 Å². The maximum Gasteiger partial charge on any atom is 0.223 e. The van der Waals surface area contributed by atoms with Gasteiger partial charge in [-0.1, -0.05) is 30.3 Å². The van der Waals surface area contributed by atoms with Gasteiger partial charge in [0.1, 0.15) is 9.84 Å². The van der Waals surface area contributed by atoms with E-state index in [1.165, 1.54) is 11.8 Å². The Morgan fingerprint density at radius 2 is 1.81 bits per heavy atom. The lowest BCUT2D eigenvalue weighted by molar-refractivity contribution is -0.131. The predicted molar refractivity (Wildman–Crippen MR) is 104 cm³/mol. The van der Waals surface area contributed by atoms with Gasteiger partial charge in [-0.2, -0.15) is 0 Å². The van der Waals surface area contributed by atoms with Gasteiger partial charge >= 0.3 is 0 Å². The second-order valence-electron chi connectivity index (χ2n) is 7.83. The van der Waals surface area contributed by atoms with Gasteiger partial charge < -0.3 is 9.80 Å². The third kappa shape index (κ3) is 4.86. The van der Waals surface area contributed by atoms with Crippen molar-refractivity contribution in [1.29, 1.82) is 0 Å². The van der Waals surface area contributed by atoms with Crippen LogP contribution in [-0.2, 0) is 21.1 Å². The zero-order valence-electron chi connectivity index (χ0n) is 15.7. The van der Waals surface area contributed by atoms with E-state index in [0.29, 0.717) is 13.0 Å². The van der Waals surface area contributed by atoms with E-state index in [9.17, 15) is 13.2 Å². The molecule has 1 aromatic carbocycles. The fraction of sp³-hybridized carbons (Fsp3) is 0.650.